The summed E-state index contributed by atoms with van der Waals surface area (Å²) in [5.41, 5.74) is 1.13. The molecule has 0 heterocycles. The molecule has 4 rings (SSSR count). The first kappa shape index (κ1) is 16.3. The Hall–Kier alpha value is -3.14. The van der Waals surface area contributed by atoms with Crippen LogP contribution in [0.25, 0.3) is 10.8 Å². The molecular formula is C22H19NO3. The third-order valence-corrected chi connectivity index (χ3v) is 4.50. The van der Waals surface area contributed by atoms with E-state index in [1.165, 1.54) is 0 Å². The maximum atomic E-state index is 12.8. The van der Waals surface area contributed by atoms with E-state index in [9.17, 15) is 9.59 Å². The van der Waals surface area contributed by atoms with Gasteiger partial charge in [0.2, 0.25) is 6.10 Å². The number of hydrogen-bond donors (Lipinski definition) is 1. The maximum absolute atomic E-state index is 12.8. The normalized spacial score (nSPS) is 14.6. The number of hydrogen-bond acceptors (Lipinski definition) is 3. The number of ether oxygens (including phenoxy) is 1. The van der Waals surface area contributed by atoms with E-state index < -0.39 is 12.1 Å². The van der Waals surface area contributed by atoms with Crippen LogP contribution in [-0.2, 0) is 9.53 Å². The second-order valence-corrected chi connectivity index (χ2v) is 6.51. The van der Waals surface area contributed by atoms with E-state index in [2.05, 4.69) is 5.32 Å². The first-order valence-corrected chi connectivity index (χ1v) is 8.76. The number of esters is 1. The van der Waals surface area contributed by atoms with Crippen molar-refractivity contribution in [3.8, 4) is 0 Å². The number of rotatable bonds is 5. The number of carbonyl (C=O) groups is 2. The highest BCUT2D eigenvalue weighted by atomic mass is 16.5. The minimum atomic E-state index is -0.955. The van der Waals surface area contributed by atoms with Crippen LogP contribution in [0.3, 0.4) is 0 Å². The van der Waals surface area contributed by atoms with Gasteiger partial charge in [-0.2, -0.15) is 0 Å². The van der Waals surface area contributed by atoms with Crippen LogP contribution in [0.2, 0.25) is 0 Å². The summed E-state index contributed by atoms with van der Waals surface area (Å²) in [4.78, 5) is 25.5. The molecule has 3 aromatic rings. The van der Waals surface area contributed by atoms with Gasteiger partial charge in [0.05, 0.1) is 5.56 Å². The zero-order chi connectivity index (χ0) is 17.9. The zero-order valence-corrected chi connectivity index (χ0v) is 14.2. The maximum Gasteiger partial charge on any atom is 0.339 e. The second kappa shape index (κ2) is 7.00. The van der Waals surface area contributed by atoms with Crippen LogP contribution >= 0.6 is 0 Å². The molecule has 0 radical (unpaired) electrons. The van der Waals surface area contributed by atoms with Crippen LogP contribution in [0.1, 0.15) is 34.9 Å². The fourth-order valence-corrected chi connectivity index (χ4v) is 2.98. The monoisotopic (exact) mass is 345 g/mol. The molecule has 1 amide bonds. The van der Waals surface area contributed by atoms with Gasteiger partial charge in [0.15, 0.2) is 0 Å². The molecule has 1 saturated carbocycles. The van der Waals surface area contributed by atoms with Crippen molar-refractivity contribution in [3.05, 3.63) is 83.9 Å². The van der Waals surface area contributed by atoms with Crippen molar-refractivity contribution in [1.29, 1.82) is 0 Å². The van der Waals surface area contributed by atoms with E-state index >= 15 is 0 Å². The van der Waals surface area contributed by atoms with Crippen molar-refractivity contribution in [1.82, 2.24) is 5.32 Å². The summed E-state index contributed by atoms with van der Waals surface area (Å²) >= 11 is 0. The Morgan fingerprint density at radius 3 is 2.35 bits per heavy atom. The molecule has 1 N–H and O–H groups in total. The summed E-state index contributed by atoms with van der Waals surface area (Å²) in [5.74, 6) is -0.770. The third-order valence-electron chi connectivity index (χ3n) is 4.50. The fraction of sp³-hybridized carbons (Fsp3) is 0.182. The molecular weight excluding hydrogens is 326 g/mol. The van der Waals surface area contributed by atoms with E-state index in [4.69, 9.17) is 4.74 Å². The minimum absolute atomic E-state index is 0.199. The summed E-state index contributed by atoms with van der Waals surface area (Å²) in [7, 11) is 0. The highest BCUT2D eigenvalue weighted by molar-refractivity contribution is 6.05. The average molecular weight is 345 g/mol. The van der Waals surface area contributed by atoms with E-state index in [1.54, 1.807) is 18.2 Å². The Kier molecular flexibility index (Phi) is 4.40. The molecule has 130 valence electrons. The molecule has 1 aliphatic carbocycles. The SMILES string of the molecule is O=C(O[C@@H](C(=O)NC1CC1)c1ccccc1)c1cccc2ccccc12. The smallest absolute Gasteiger partial charge is 0.339 e. The van der Waals surface area contributed by atoms with E-state index in [0.717, 1.165) is 23.6 Å². The van der Waals surface area contributed by atoms with E-state index in [0.29, 0.717) is 11.1 Å². The Labute approximate surface area is 151 Å². The highest BCUT2D eigenvalue weighted by Crippen LogP contribution is 2.26. The lowest BCUT2D eigenvalue weighted by Gasteiger charge is -2.18. The third kappa shape index (κ3) is 3.45. The first-order valence-electron chi connectivity index (χ1n) is 8.76. The molecule has 3 aromatic carbocycles. The largest absolute Gasteiger partial charge is 0.444 e. The van der Waals surface area contributed by atoms with Crippen LogP contribution in [0.4, 0.5) is 0 Å². The van der Waals surface area contributed by atoms with Gasteiger partial charge in [0.25, 0.3) is 5.91 Å². The lowest BCUT2D eigenvalue weighted by Crippen LogP contribution is -2.33. The first-order chi connectivity index (χ1) is 12.7. The molecule has 4 heteroatoms. The van der Waals surface area contributed by atoms with Gasteiger partial charge >= 0.3 is 5.97 Å². The predicted octanol–water partition coefficient (Wildman–Crippen LogP) is 4.02. The zero-order valence-electron chi connectivity index (χ0n) is 14.2. The molecule has 0 saturated heterocycles. The van der Waals surface area contributed by atoms with E-state index in [1.807, 2.05) is 54.6 Å². The molecule has 0 unspecified atom stereocenters. The fourth-order valence-electron chi connectivity index (χ4n) is 2.98. The Balaban J connectivity index is 1.64. The summed E-state index contributed by atoms with van der Waals surface area (Å²) < 4.78 is 5.67. The predicted molar refractivity (Wildman–Crippen MR) is 99.7 cm³/mol. The molecule has 26 heavy (non-hydrogen) atoms. The molecule has 1 fully saturated rings. The van der Waals surface area contributed by atoms with Gasteiger partial charge in [0, 0.05) is 11.6 Å². The van der Waals surface area contributed by atoms with Gasteiger partial charge in [-0.3, -0.25) is 4.79 Å². The summed E-state index contributed by atoms with van der Waals surface area (Å²) in [5, 5.41) is 4.70. The summed E-state index contributed by atoms with van der Waals surface area (Å²) in [6.45, 7) is 0. The van der Waals surface area contributed by atoms with Gasteiger partial charge < -0.3 is 10.1 Å². The van der Waals surface area contributed by atoms with Crippen LogP contribution in [0.5, 0.6) is 0 Å². The van der Waals surface area contributed by atoms with Crippen molar-refractivity contribution in [2.45, 2.75) is 25.0 Å². The van der Waals surface area contributed by atoms with Gasteiger partial charge in [-0.15, -0.1) is 0 Å². The van der Waals surface area contributed by atoms with Crippen LogP contribution in [-0.4, -0.2) is 17.9 Å². The van der Waals surface area contributed by atoms with Gasteiger partial charge in [-0.05, 0) is 29.7 Å². The van der Waals surface area contributed by atoms with Crippen molar-refractivity contribution < 1.29 is 14.3 Å². The number of nitrogens with one attached hydrogen (secondary N) is 1. The number of fused-ring (bicyclic) bond motifs is 1. The summed E-state index contributed by atoms with van der Waals surface area (Å²) in [6, 6.07) is 22.5. The Morgan fingerprint density at radius 1 is 0.885 bits per heavy atom. The molecule has 0 bridgehead atoms. The topological polar surface area (TPSA) is 55.4 Å². The molecule has 1 atom stereocenters. The minimum Gasteiger partial charge on any atom is -0.444 e. The molecule has 0 aromatic heterocycles. The van der Waals surface area contributed by atoms with E-state index in [-0.39, 0.29) is 11.9 Å². The number of amides is 1. The lowest BCUT2D eigenvalue weighted by molar-refractivity contribution is -0.130. The van der Waals surface area contributed by atoms with Gasteiger partial charge in [-0.1, -0.05) is 66.7 Å². The van der Waals surface area contributed by atoms with Crippen molar-refractivity contribution in [2.75, 3.05) is 0 Å². The molecule has 1 aliphatic rings. The second-order valence-electron chi connectivity index (χ2n) is 6.51. The average Bonchev–Trinajstić information content (AvgIpc) is 3.50. The Bertz CT molecular complexity index is 943. The van der Waals surface area contributed by atoms with Crippen LogP contribution < -0.4 is 5.32 Å². The van der Waals surface area contributed by atoms with Gasteiger partial charge in [-0.25, -0.2) is 4.79 Å². The highest BCUT2D eigenvalue weighted by Gasteiger charge is 2.31. The molecule has 4 nitrogen and oxygen atoms in total. The standard InChI is InChI=1S/C22H19NO3/c24-21(23-17-13-14-17)20(16-8-2-1-3-9-16)26-22(25)19-12-6-10-15-7-4-5-11-18(15)19/h1-12,17,20H,13-14H2,(H,23,24)/t20-/m1/s1. The number of benzene rings is 3. The Morgan fingerprint density at radius 2 is 1.58 bits per heavy atom. The van der Waals surface area contributed by atoms with Crippen molar-refractivity contribution in [3.63, 3.8) is 0 Å². The number of carbonyl (C=O) groups excluding carboxylic acids is 2. The van der Waals surface area contributed by atoms with Crippen molar-refractivity contribution >= 4 is 22.6 Å². The molecule has 0 spiro atoms. The van der Waals surface area contributed by atoms with Crippen LogP contribution in [0, 0.1) is 0 Å². The molecule has 0 aliphatic heterocycles. The van der Waals surface area contributed by atoms with Gasteiger partial charge in [0.1, 0.15) is 0 Å². The van der Waals surface area contributed by atoms with Crippen molar-refractivity contribution in [2.24, 2.45) is 0 Å². The quantitative estimate of drug-likeness (QED) is 0.711. The lowest BCUT2D eigenvalue weighted by atomic mass is 10.0. The van der Waals surface area contributed by atoms with Crippen LogP contribution in [0.15, 0.2) is 72.8 Å². The summed E-state index contributed by atoms with van der Waals surface area (Å²) in [6.07, 6.45) is 0.998.